The van der Waals surface area contributed by atoms with E-state index >= 15 is 0 Å². The molecule has 0 aliphatic rings. The third-order valence-corrected chi connectivity index (χ3v) is 3.51. The monoisotopic (exact) mass is 283 g/mol. The van der Waals surface area contributed by atoms with Crippen LogP contribution in [-0.2, 0) is 6.42 Å². The summed E-state index contributed by atoms with van der Waals surface area (Å²) in [5, 5.41) is 12.9. The largest absolute Gasteiger partial charge is 0.388 e. The van der Waals surface area contributed by atoms with Crippen molar-refractivity contribution in [2.24, 2.45) is 0 Å². The first-order valence-electron chi connectivity index (χ1n) is 7.31. The van der Waals surface area contributed by atoms with Crippen molar-refractivity contribution < 1.29 is 9.90 Å². The molecule has 1 unspecified atom stereocenters. The molecule has 1 atom stereocenters. The van der Waals surface area contributed by atoms with E-state index in [1.807, 2.05) is 54.6 Å². The van der Waals surface area contributed by atoms with Crippen LogP contribution in [0.1, 0.15) is 40.9 Å². The Balaban J connectivity index is 1.81. The summed E-state index contributed by atoms with van der Waals surface area (Å²) in [6.07, 6.45) is 0.919. The molecule has 2 rings (SSSR count). The van der Waals surface area contributed by atoms with Crippen molar-refractivity contribution in [1.82, 2.24) is 5.32 Å². The van der Waals surface area contributed by atoms with Crippen LogP contribution in [0.2, 0.25) is 0 Å². The molecule has 0 fully saturated rings. The second-order valence-corrected chi connectivity index (χ2v) is 5.02. The fourth-order valence-electron chi connectivity index (χ4n) is 2.16. The van der Waals surface area contributed by atoms with Crippen molar-refractivity contribution in [2.75, 3.05) is 6.54 Å². The standard InChI is InChI=1S/C18H21NO2/c1-2-14-8-10-16(11-9-14)18(21)19-13-12-17(20)15-6-4-3-5-7-15/h3-11,17,20H,2,12-13H2,1H3,(H,19,21). The average molecular weight is 283 g/mol. The van der Waals surface area contributed by atoms with E-state index in [0.717, 1.165) is 12.0 Å². The fraction of sp³-hybridized carbons (Fsp3) is 0.278. The molecule has 0 aliphatic carbocycles. The van der Waals surface area contributed by atoms with Crippen molar-refractivity contribution >= 4 is 5.91 Å². The van der Waals surface area contributed by atoms with Crippen molar-refractivity contribution in [3.05, 3.63) is 71.3 Å². The molecule has 0 saturated heterocycles. The number of benzene rings is 2. The molecule has 0 spiro atoms. The van der Waals surface area contributed by atoms with E-state index in [0.29, 0.717) is 18.5 Å². The highest BCUT2D eigenvalue weighted by molar-refractivity contribution is 5.94. The second-order valence-electron chi connectivity index (χ2n) is 5.02. The van der Waals surface area contributed by atoms with Gasteiger partial charge in [0, 0.05) is 12.1 Å². The Labute approximate surface area is 125 Å². The van der Waals surface area contributed by atoms with Gasteiger partial charge in [0.2, 0.25) is 0 Å². The van der Waals surface area contributed by atoms with Crippen LogP contribution in [0.3, 0.4) is 0 Å². The number of aliphatic hydroxyl groups excluding tert-OH is 1. The van der Waals surface area contributed by atoms with Gasteiger partial charge in [-0.2, -0.15) is 0 Å². The van der Waals surface area contributed by atoms with Gasteiger partial charge in [0.1, 0.15) is 0 Å². The van der Waals surface area contributed by atoms with Gasteiger partial charge in [0.05, 0.1) is 6.10 Å². The molecule has 2 aromatic carbocycles. The van der Waals surface area contributed by atoms with E-state index in [2.05, 4.69) is 12.2 Å². The molecule has 3 nitrogen and oxygen atoms in total. The Bertz CT molecular complexity index is 564. The summed E-state index contributed by atoms with van der Waals surface area (Å²) in [5.41, 5.74) is 2.74. The maximum atomic E-state index is 12.0. The maximum absolute atomic E-state index is 12.0. The van der Waals surface area contributed by atoms with Crippen LogP contribution < -0.4 is 5.32 Å². The Morgan fingerprint density at radius 3 is 2.38 bits per heavy atom. The van der Waals surface area contributed by atoms with Crippen LogP contribution in [0.25, 0.3) is 0 Å². The highest BCUT2D eigenvalue weighted by atomic mass is 16.3. The lowest BCUT2D eigenvalue weighted by atomic mass is 10.1. The molecule has 0 saturated carbocycles. The van der Waals surface area contributed by atoms with Crippen molar-refractivity contribution in [2.45, 2.75) is 25.9 Å². The summed E-state index contributed by atoms with van der Waals surface area (Å²) < 4.78 is 0. The van der Waals surface area contributed by atoms with Gasteiger partial charge in [0.25, 0.3) is 5.91 Å². The Kier molecular flexibility index (Phi) is 5.52. The van der Waals surface area contributed by atoms with Gasteiger partial charge in [-0.15, -0.1) is 0 Å². The van der Waals surface area contributed by atoms with Gasteiger partial charge in [-0.05, 0) is 36.1 Å². The third kappa shape index (κ3) is 4.43. The minimum absolute atomic E-state index is 0.0992. The van der Waals surface area contributed by atoms with Gasteiger partial charge < -0.3 is 10.4 Å². The van der Waals surface area contributed by atoms with Gasteiger partial charge >= 0.3 is 0 Å². The SMILES string of the molecule is CCc1ccc(C(=O)NCCC(O)c2ccccc2)cc1. The first kappa shape index (κ1) is 15.3. The minimum atomic E-state index is -0.547. The first-order chi connectivity index (χ1) is 10.2. The molecule has 2 N–H and O–H groups in total. The number of aliphatic hydroxyl groups is 1. The molecule has 0 bridgehead atoms. The number of rotatable bonds is 6. The lowest BCUT2D eigenvalue weighted by Crippen LogP contribution is -2.25. The summed E-state index contributed by atoms with van der Waals surface area (Å²) in [6.45, 7) is 2.53. The Morgan fingerprint density at radius 2 is 1.76 bits per heavy atom. The normalized spacial score (nSPS) is 11.9. The third-order valence-electron chi connectivity index (χ3n) is 3.51. The summed E-state index contributed by atoms with van der Waals surface area (Å²) in [5.74, 6) is -0.0992. The number of carbonyl (C=O) groups is 1. The number of hydrogen-bond acceptors (Lipinski definition) is 2. The van der Waals surface area contributed by atoms with Crippen LogP contribution in [0, 0.1) is 0 Å². The number of hydrogen-bond donors (Lipinski definition) is 2. The predicted molar refractivity (Wildman–Crippen MR) is 84.2 cm³/mol. The zero-order valence-electron chi connectivity index (χ0n) is 12.3. The molecule has 0 radical (unpaired) electrons. The summed E-state index contributed by atoms with van der Waals surface area (Å²) in [4.78, 5) is 12.0. The topological polar surface area (TPSA) is 49.3 Å². The minimum Gasteiger partial charge on any atom is -0.388 e. The fourth-order valence-corrected chi connectivity index (χ4v) is 2.16. The van der Waals surface area contributed by atoms with E-state index in [1.165, 1.54) is 5.56 Å². The summed E-state index contributed by atoms with van der Waals surface area (Å²) in [6, 6.07) is 17.1. The molecule has 1 amide bonds. The molecule has 110 valence electrons. The van der Waals surface area contributed by atoms with E-state index in [4.69, 9.17) is 0 Å². The summed E-state index contributed by atoms with van der Waals surface area (Å²) >= 11 is 0. The number of nitrogens with one attached hydrogen (secondary N) is 1. The van der Waals surface area contributed by atoms with Crippen LogP contribution in [0.15, 0.2) is 54.6 Å². The molecule has 2 aromatic rings. The maximum Gasteiger partial charge on any atom is 0.251 e. The second kappa shape index (κ2) is 7.60. The lowest BCUT2D eigenvalue weighted by Gasteiger charge is -2.11. The Morgan fingerprint density at radius 1 is 1.10 bits per heavy atom. The molecule has 0 heterocycles. The highest BCUT2D eigenvalue weighted by Crippen LogP contribution is 2.15. The molecular weight excluding hydrogens is 262 g/mol. The molecule has 0 aromatic heterocycles. The zero-order valence-corrected chi connectivity index (χ0v) is 12.3. The smallest absolute Gasteiger partial charge is 0.251 e. The highest BCUT2D eigenvalue weighted by Gasteiger charge is 2.09. The van der Waals surface area contributed by atoms with Crippen molar-refractivity contribution in [3.63, 3.8) is 0 Å². The number of carbonyl (C=O) groups excluding carboxylic acids is 1. The molecular formula is C18H21NO2. The average Bonchev–Trinajstić information content (AvgIpc) is 2.55. The first-order valence-corrected chi connectivity index (χ1v) is 7.31. The van der Waals surface area contributed by atoms with Gasteiger partial charge in [-0.1, -0.05) is 49.4 Å². The Hall–Kier alpha value is -2.13. The van der Waals surface area contributed by atoms with Gasteiger partial charge in [-0.3, -0.25) is 4.79 Å². The number of amides is 1. The van der Waals surface area contributed by atoms with Gasteiger partial charge in [-0.25, -0.2) is 0 Å². The van der Waals surface area contributed by atoms with E-state index < -0.39 is 6.10 Å². The summed E-state index contributed by atoms with van der Waals surface area (Å²) in [7, 11) is 0. The van der Waals surface area contributed by atoms with Crippen molar-refractivity contribution in [3.8, 4) is 0 Å². The predicted octanol–water partition coefficient (Wildman–Crippen LogP) is 3.10. The van der Waals surface area contributed by atoms with Crippen LogP contribution in [-0.4, -0.2) is 17.6 Å². The number of aryl methyl sites for hydroxylation is 1. The molecule has 3 heteroatoms. The van der Waals surface area contributed by atoms with Crippen LogP contribution in [0.5, 0.6) is 0 Å². The van der Waals surface area contributed by atoms with E-state index in [-0.39, 0.29) is 5.91 Å². The van der Waals surface area contributed by atoms with E-state index in [9.17, 15) is 9.90 Å². The zero-order chi connectivity index (χ0) is 15.1. The lowest BCUT2D eigenvalue weighted by molar-refractivity contribution is 0.0942. The quantitative estimate of drug-likeness (QED) is 0.856. The molecule has 0 aliphatic heterocycles. The van der Waals surface area contributed by atoms with Gasteiger partial charge in [0.15, 0.2) is 0 Å². The van der Waals surface area contributed by atoms with Crippen LogP contribution in [0.4, 0.5) is 0 Å². The van der Waals surface area contributed by atoms with Crippen molar-refractivity contribution in [1.29, 1.82) is 0 Å². The van der Waals surface area contributed by atoms with E-state index in [1.54, 1.807) is 0 Å². The van der Waals surface area contributed by atoms with Crippen LogP contribution >= 0.6 is 0 Å². The molecule has 21 heavy (non-hydrogen) atoms.